The summed E-state index contributed by atoms with van der Waals surface area (Å²) in [5.74, 6) is 6.81. The lowest BCUT2D eigenvalue weighted by Crippen LogP contribution is -1.85. The molecule has 0 aliphatic heterocycles. The van der Waals surface area contributed by atoms with Crippen LogP contribution in [0.2, 0.25) is 0 Å². The first-order valence-corrected chi connectivity index (χ1v) is 6.72. The minimum absolute atomic E-state index is 0.139. The summed E-state index contributed by atoms with van der Waals surface area (Å²) in [6.45, 7) is 1.57. The van der Waals surface area contributed by atoms with E-state index in [0.717, 1.165) is 22.3 Å². The third kappa shape index (κ3) is 3.61. The molecule has 0 aliphatic rings. The molecule has 18 heavy (non-hydrogen) atoms. The van der Waals surface area contributed by atoms with Gasteiger partial charge in [-0.1, -0.05) is 41.9 Å². The number of pyridine rings is 1. The third-order valence-corrected chi connectivity index (χ3v) is 3.16. The fourth-order valence-corrected chi connectivity index (χ4v) is 2.03. The van der Waals surface area contributed by atoms with E-state index in [4.69, 9.17) is 0 Å². The average molecular weight is 255 g/mol. The predicted molar refractivity (Wildman–Crippen MR) is 76.4 cm³/mol. The Morgan fingerprint density at radius 3 is 2.94 bits per heavy atom. The molecular weight excluding hydrogens is 242 g/mol. The average Bonchev–Trinajstić information content (AvgIpc) is 2.38. The lowest BCUT2D eigenvalue weighted by Gasteiger charge is -1.96. The van der Waals surface area contributed by atoms with Crippen molar-refractivity contribution in [2.75, 3.05) is 5.75 Å². The first-order chi connectivity index (χ1) is 8.75. The third-order valence-electron chi connectivity index (χ3n) is 2.35. The van der Waals surface area contributed by atoms with Gasteiger partial charge in [0.15, 0.2) is 5.12 Å². The zero-order chi connectivity index (χ0) is 12.8. The molecule has 0 aliphatic carbocycles. The Bertz CT molecular complexity index is 625. The molecule has 0 amide bonds. The highest BCUT2D eigenvalue weighted by Gasteiger charge is 1.94. The molecule has 2 nitrogen and oxygen atoms in total. The van der Waals surface area contributed by atoms with Crippen molar-refractivity contribution in [2.24, 2.45) is 0 Å². The standard InChI is InChI=1S/C15H13NOS/c1-12(17)18-11-5-4-7-14-10-9-13-6-2-3-8-15(13)16-14/h2-3,6,8-10H,5,11H2,1H3. The molecule has 1 heterocycles. The number of hydrogen-bond donors (Lipinski definition) is 0. The molecule has 1 aromatic heterocycles. The van der Waals surface area contributed by atoms with Gasteiger partial charge in [0.2, 0.25) is 0 Å². The summed E-state index contributed by atoms with van der Waals surface area (Å²) in [6.07, 6.45) is 0.707. The molecule has 0 spiro atoms. The number of para-hydroxylation sites is 1. The van der Waals surface area contributed by atoms with E-state index in [1.54, 1.807) is 6.92 Å². The van der Waals surface area contributed by atoms with E-state index < -0.39 is 0 Å². The normalized spacial score (nSPS) is 9.83. The first kappa shape index (κ1) is 12.7. The molecule has 0 N–H and O–H groups in total. The highest BCUT2D eigenvalue weighted by Crippen LogP contribution is 2.11. The first-order valence-electron chi connectivity index (χ1n) is 5.74. The summed E-state index contributed by atoms with van der Waals surface area (Å²) in [4.78, 5) is 15.2. The SMILES string of the molecule is CC(=O)SCCC#Cc1ccc2ccccc2n1. The molecule has 0 fully saturated rings. The number of hydrogen-bond acceptors (Lipinski definition) is 3. The number of thioether (sulfide) groups is 1. The van der Waals surface area contributed by atoms with Crippen molar-refractivity contribution in [3.05, 3.63) is 42.1 Å². The second-order valence-corrected chi connectivity index (χ2v) is 5.05. The van der Waals surface area contributed by atoms with Crippen LogP contribution in [0.5, 0.6) is 0 Å². The number of carbonyl (C=O) groups excluding carboxylic acids is 1. The van der Waals surface area contributed by atoms with Gasteiger partial charge in [0.05, 0.1) is 5.52 Å². The van der Waals surface area contributed by atoms with E-state index >= 15 is 0 Å². The van der Waals surface area contributed by atoms with Gasteiger partial charge >= 0.3 is 0 Å². The molecule has 3 heteroatoms. The quantitative estimate of drug-likeness (QED) is 0.609. The number of rotatable bonds is 2. The molecule has 0 unspecified atom stereocenters. The van der Waals surface area contributed by atoms with E-state index in [2.05, 4.69) is 16.8 Å². The van der Waals surface area contributed by atoms with Gasteiger partial charge in [0.25, 0.3) is 0 Å². The van der Waals surface area contributed by atoms with Crippen LogP contribution < -0.4 is 0 Å². The molecule has 0 bridgehead atoms. The highest BCUT2D eigenvalue weighted by atomic mass is 32.2. The zero-order valence-electron chi connectivity index (χ0n) is 10.1. The van der Waals surface area contributed by atoms with Crippen molar-refractivity contribution in [3.63, 3.8) is 0 Å². The van der Waals surface area contributed by atoms with Crippen LogP contribution in [0.1, 0.15) is 19.0 Å². The monoisotopic (exact) mass is 255 g/mol. The number of aromatic nitrogens is 1. The Balaban J connectivity index is 2.03. The van der Waals surface area contributed by atoms with Gasteiger partial charge in [-0.05, 0) is 18.1 Å². The Kier molecular flexibility index (Phi) is 4.38. The number of carbonyl (C=O) groups is 1. The second kappa shape index (κ2) is 6.23. The van der Waals surface area contributed by atoms with Crippen molar-refractivity contribution >= 4 is 27.8 Å². The van der Waals surface area contributed by atoms with Gasteiger partial charge in [-0.15, -0.1) is 0 Å². The molecule has 1 aromatic carbocycles. The number of fused-ring (bicyclic) bond motifs is 1. The fourth-order valence-electron chi connectivity index (χ4n) is 1.53. The summed E-state index contributed by atoms with van der Waals surface area (Å²) >= 11 is 1.31. The Morgan fingerprint density at radius 1 is 1.28 bits per heavy atom. The zero-order valence-corrected chi connectivity index (χ0v) is 11.0. The minimum atomic E-state index is 0.139. The Labute approximate surface area is 111 Å². The molecule has 0 saturated heterocycles. The van der Waals surface area contributed by atoms with E-state index in [-0.39, 0.29) is 5.12 Å². The van der Waals surface area contributed by atoms with Crippen LogP contribution >= 0.6 is 11.8 Å². The van der Waals surface area contributed by atoms with Crippen LogP contribution in [0.15, 0.2) is 36.4 Å². The molecule has 0 saturated carbocycles. The van der Waals surface area contributed by atoms with Gasteiger partial charge in [-0.25, -0.2) is 4.98 Å². The van der Waals surface area contributed by atoms with Crippen molar-refractivity contribution in [1.82, 2.24) is 4.98 Å². The van der Waals surface area contributed by atoms with Crippen molar-refractivity contribution in [1.29, 1.82) is 0 Å². The lowest BCUT2D eigenvalue weighted by atomic mass is 10.2. The van der Waals surface area contributed by atoms with Crippen molar-refractivity contribution in [3.8, 4) is 11.8 Å². The summed E-state index contributed by atoms with van der Waals surface area (Å²) in [5, 5.41) is 1.26. The van der Waals surface area contributed by atoms with Crippen LogP contribution in [0.25, 0.3) is 10.9 Å². The molecule has 0 radical (unpaired) electrons. The Morgan fingerprint density at radius 2 is 2.11 bits per heavy atom. The van der Waals surface area contributed by atoms with Crippen LogP contribution in [0.3, 0.4) is 0 Å². The fraction of sp³-hybridized carbons (Fsp3) is 0.200. The number of benzene rings is 1. The minimum Gasteiger partial charge on any atom is -0.288 e. The maximum Gasteiger partial charge on any atom is 0.185 e. The van der Waals surface area contributed by atoms with Crippen LogP contribution in [0, 0.1) is 11.8 Å². The molecule has 2 rings (SSSR count). The van der Waals surface area contributed by atoms with E-state index in [0.29, 0.717) is 6.42 Å². The molecule has 2 aromatic rings. The molecule has 90 valence electrons. The topological polar surface area (TPSA) is 30.0 Å². The van der Waals surface area contributed by atoms with Crippen LogP contribution in [-0.4, -0.2) is 15.9 Å². The van der Waals surface area contributed by atoms with Gasteiger partial charge in [-0.2, -0.15) is 0 Å². The van der Waals surface area contributed by atoms with Crippen molar-refractivity contribution in [2.45, 2.75) is 13.3 Å². The van der Waals surface area contributed by atoms with E-state index in [1.165, 1.54) is 11.8 Å². The largest absolute Gasteiger partial charge is 0.288 e. The van der Waals surface area contributed by atoms with E-state index in [9.17, 15) is 4.79 Å². The predicted octanol–water partition coefficient (Wildman–Crippen LogP) is 3.26. The number of nitrogens with zero attached hydrogens (tertiary/aromatic N) is 1. The lowest BCUT2D eigenvalue weighted by molar-refractivity contribution is -0.109. The molecular formula is C15H13NOS. The summed E-state index contributed by atoms with van der Waals surface area (Å²) in [5.41, 5.74) is 1.74. The van der Waals surface area contributed by atoms with Crippen LogP contribution in [0.4, 0.5) is 0 Å². The highest BCUT2D eigenvalue weighted by molar-refractivity contribution is 8.13. The maximum atomic E-state index is 10.7. The summed E-state index contributed by atoms with van der Waals surface area (Å²) in [6, 6.07) is 11.9. The van der Waals surface area contributed by atoms with Gasteiger partial charge in [-0.3, -0.25) is 4.79 Å². The maximum absolute atomic E-state index is 10.7. The summed E-state index contributed by atoms with van der Waals surface area (Å²) in [7, 11) is 0. The second-order valence-electron chi connectivity index (χ2n) is 3.78. The van der Waals surface area contributed by atoms with E-state index in [1.807, 2.05) is 36.4 Å². The van der Waals surface area contributed by atoms with Gasteiger partial charge in [0.1, 0.15) is 5.69 Å². The van der Waals surface area contributed by atoms with Gasteiger partial charge in [0, 0.05) is 24.5 Å². The smallest absolute Gasteiger partial charge is 0.185 e. The van der Waals surface area contributed by atoms with Crippen molar-refractivity contribution < 1.29 is 4.79 Å². The van der Waals surface area contributed by atoms with Crippen LogP contribution in [-0.2, 0) is 4.79 Å². The summed E-state index contributed by atoms with van der Waals surface area (Å²) < 4.78 is 0. The molecule has 0 atom stereocenters. The van der Waals surface area contributed by atoms with Gasteiger partial charge < -0.3 is 0 Å². The Hall–Kier alpha value is -1.79.